The van der Waals surface area contributed by atoms with Crippen molar-refractivity contribution in [3.63, 3.8) is 0 Å². The van der Waals surface area contributed by atoms with Crippen molar-refractivity contribution in [2.24, 2.45) is 5.41 Å². The first-order valence-electron chi connectivity index (χ1n) is 6.98. The highest BCUT2D eigenvalue weighted by molar-refractivity contribution is 5.83. The van der Waals surface area contributed by atoms with E-state index < -0.39 is 0 Å². The van der Waals surface area contributed by atoms with Gasteiger partial charge in [0.2, 0.25) is 0 Å². The van der Waals surface area contributed by atoms with Crippen molar-refractivity contribution in [1.82, 2.24) is 0 Å². The van der Waals surface area contributed by atoms with E-state index in [0.717, 1.165) is 26.1 Å². The maximum absolute atomic E-state index is 9.78. The van der Waals surface area contributed by atoms with Crippen molar-refractivity contribution in [3.05, 3.63) is 48.0 Å². The summed E-state index contributed by atoms with van der Waals surface area (Å²) in [5.41, 5.74) is 1.46. The van der Waals surface area contributed by atoms with E-state index in [0.29, 0.717) is 0 Å². The zero-order valence-corrected chi connectivity index (χ0v) is 10.9. The fraction of sp³-hybridized carbons (Fsp3) is 0.412. The van der Waals surface area contributed by atoms with Crippen molar-refractivity contribution in [2.45, 2.75) is 18.3 Å². The summed E-state index contributed by atoms with van der Waals surface area (Å²) >= 11 is 0. The standard InChI is InChI=1S/C17H18O2/c18-10-16(7-8-16)17(11-19-12-17)15-6-5-13-3-1-2-4-14(13)9-15/h1-6,9,18H,7-8,10-12H2. The van der Waals surface area contributed by atoms with Crippen LogP contribution in [0.25, 0.3) is 10.8 Å². The molecule has 2 aromatic carbocycles. The molecule has 0 radical (unpaired) electrons. The van der Waals surface area contributed by atoms with Gasteiger partial charge in [0.25, 0.3) is 0 Å². The van der Waals surface area contributed by atoms with Crippen molar-refractivity contribution < 1.29 is 9.84 Å². The minimum Gasteiger partial charge on any atom is -0.396 e. The summed E-state index contributed by atoms with van der Waals surface area (Å²) in [5, 5.41) is 12.3. The van der Waals surface area contributed by atoms with Crippen LogP contribution in [0.1, 0.15) is 18.4 Å². The molecule has 2 aromatic rings. The van der Waals surface area contributed by atoms with E-state index >= 15 is 0 Å². The second-order valence-corrected chi connectivity index (χ2v) is 6.08. The summed E-state index contributed by atoms with van der Waals surface area (Å²) < 4.78 is 5.52. The summed E-state index contributed by atoms with van der Waals surface area (Å²) in [4.78, 5) is 0. The number of aliphatic hydroxyl groups is 1. The molecule has 0 spiro atoms. The third-order valence-electron chi connectivity index (χ3n) is 5.17. The number of fused-ring (bicyclic) bond motifs is 1. The van der Waals surface area contributed by atoms with Gasteiger partial charge in [0, 0.05) is 17.4 Å². The van der Waals surface area contributed by atoms with Gasteiger partial charge in [0.05, 0.1) is 13.2 Å². The lowest BCUT2D eigenvalue weighted by Gasteiger charge is -2.48. The average Bonchev–Trinajstić information content (AvgIpc) is 3.19. The number of rotatable bonds is 3. The van der Waals surface area contributed by atoms with Gasteiger partial charge in [-0.25, -0.2) is 0 Å². The quantitative estimate of drug-likeness (QED) is 0.912. The molecule has 0 atom stereocenters. The fourth-order valence-electron chi connectivity index (χ4n) is 3.51. The normalized spacial score (nSPS) is 23.0. The minimum atomic E-state index is 0.0474. The van der Waals surface area contributed by atoms with Gasteiger partial charge in [-0.2, -0.15) is 0 Å². The Hall–Kier alpha value is -1.38. The van der Waals surface area contributed by atoms with Crippen molar-refractivity contribution in [2.75, 3.05) is 19.8 Å². The average molecular weight is 254 g/mol. The minimum absolute atomic E-state index is 0.0474. The molecular weight excluding hydrogens is 236 g/mol. The Morgan fingerprint density at radius 3 is 2.32 bits per heavy atom. The number of hydrogen-bond acceptors (Lipinski definition) is 2. The molecule has 4 rings (SSSR count). The second kappa shape index (κ2) is 3.81. The highest BCUT2D eigenvalue weighted by Crippen LogP contribution is 2.62. The van der Waals surface area contributed by atoms with Gasteiger partial charge in [-0.15, -0.1) is 0 Å². The van der Waals surface area contributed by atoms with E-state index in [1.165, 1.54) is 16.3 Å². The van der Waals surface area contributed by atoms with Crippen LogP contribution in [-0.2, 0) is 10.2 Å². The van der Waals surface area contributed by atoms with Crippen LogP contribution in [0, 0.1) is 5.41 Å². The summed E-state index contributed by atoms with van der Waals surface area (Å²) in [6.45, 7) is 1.79. The molecular formula is C17H18O2. The van der Waals surface area contributed by atoms with E-state index in [1.54, 1.807) is 0 Å². The van der Waals surface area contributed by atoms with Crippen molar-refractivity contribution in [1.29, 1.82) is 0 Å². The van der Waals surface area contributed by atoms with E-state index in [9.17, 15) is 5.11 Å². The Labute approximate surface area is 113 Å². The predicted octanol–water partition coefficient (Wildman–Crippen LogP) is 2.88. The molecule has 2 heteroatoms. The Kier molecular flexibility index (Phi) is 2.30. The van der Waals surface area contributed by atoms with Crippen molar-refractivity contribution in [3.8, 4) is 0 Å². The van der Waals surface area contributed by atoms with Crippen LogP contribution >= 0.6 is 0 Å². The summed E-state index contributed by atoms with van der Waals surface area (Å²) in [6.07, 6.45) is 2.25. The van der Waals surface area contributed by atoms with Crippen LogP contribution < -0.4 is 0 Å². The number of hydrogen-bond donors (Lipinski definition) is 1. The first kappa shape index (κ1) is 11.4. The fourth-order valence-corrected chi connectivity index (χ4v) is 3.51. The highest BCUT2D eigenvalue weighted by atomic mass is 16.5. The van der Waals surface area contributed by atoms with Gasteiger partial charge >= 0.3 is 0 Å². The molecule has 2 nitrogen and oxygen atoms in total. The lowest BCUT2D eigenvalue weighted by molar-refractivity contribution is -0.110. The monoisotopic (exact) mass is 254 g/mol. The zero-order chi connectivity index (χ0) is 12.9. The largest absolute Gasteiger partial charge is 0.396 e. The smallest absolute Gasteiger partial charge is 0.0591 e. The molecule has 0 amide bonds. The summed E-state index contributed by atoms with van der Waals surface area (Å²) in [6, 6.07) is 15.1. The molecule has 1 aliphatic carbocycles. The molecule has 1 heterocycles. The molecule has 1 N–H and O–H groups in total. The van der Waals surface area contributed by atoms with Crippen LogP contribution in [0.4, 0.5) is 0 Å². The number of aliphatic hydroxyl groups excluding tert-OH is 1. The van der Waals surface area contributed by atoms with Crippen LogP contribution in [0.2, 0.25) is 0 Å². The van der Waals surface area contributed by atoms with Crippen LogP contribution in [0.3, 0.4) is 0 Å². The first-order valence-corrected chi connectivity index (χ1v) is 6.98. The second-order valence-electron chi connectivity index (χ2n) is 6.08. The van der Waals surface area contributed by atoms with Gasteiger partial charge in [0.15, 0.2) is 0 Å². The third-order valence-corrected chi connectivity index (χ3v) is 5.17. The van der Waals surface area contributed by atoms with Crippen LogP contribution in [0.5, 0.6) is 0 Å². The Morgan fingerprint density at radius 1 is 1.00 bits per heavy atom. The summed E-state index contributed by atoms with van der Waals surface area (Å²) in [7, 11) is 0. The molecule has 0 bridgehead atoms. The Morgan fingerprint density at radius 2 is 1.74 bits per heavy atom. The van der Waals surface area contributed by atoms with Gasteiger partial charge in [-0.1, -0.05) is 42.5 Å². The van der Waals surface area contributed by atoms with Crippen LogP contribution in [0.15, 0.2) is 42.5 Å². The molecule has 1 saturated carbocycles. The van der Waals surface area contributed by atoms with E-state index in [2.05, 4.69) is 42.5 Å². The molecule has 0 aromatic heterocycles. The van der Waals surface area contributed by atoms with Gasteiger partial charge in [-0.05, 0) is 29.2 Å². The molecule has 98 valence electrons. The molecule has 1 aliphatic heterocycles. The van der Waals surface area contributed by atoms with Crippen LogP contribution in [-0.4, -0.2) is 24.9 Å². The topological polar surface area (TPSA) is 29.5 Å². The SMILES string of the molecule is OCC1(C2(c3ccc4ccccc4c3)COC2)CC1. The van der Waals surface area contributed by atoms with Gasteiger partial charge < -0.3 is 9.84 Å². The molecule has 2 fully saturated rings. The number of ether oxygens (including phenoxy) is 1. The zero-order valence-electron chi connectivity index (χ0n) is 10.9. The molecule has 19 heavy (non-hydrogen) atoms. The molecule has 2 aliphatic rings. The lowest BCUT2D eigenvalue weighted by atomic mass is 9.66. The maximum Gasteiger partial charge on any atom is 0.0591 e. The highest BCUT2D eigenvalue weighted by Gasteiger charge is 2.63. The van der Waals surface area contributed by atoms with E-state index in [1.807, 2.05) is 0 Å². The van der Waals surface area contributed by atoms with Gasteiger partial charge in [-0.3, -0.25) is 0 Å². The predicted molar refractivity (Wildman–Crippen MR) is 75.2 cm³/mol. The number of benzene rings is 2. The lowest BCUT2D eigenvalue weighted by Crippen LogP contribution is -2.54. The summed E-state index contributed by atoms with van der Waals surface area (Å²) in [5.74, 6) is 0. The van der Waals surface area contributed by atoms with Crippen molar-refractivity contribution >= 4 is 10.8 Å². The maximum atomic E-state index is 9.78. The Bertz CT molecular complexity index is 624. The third kappa shape index (κ3) is 1.44. The van der Waals surface area contributed by atoms with Gasteiger partial charge in [0.1, 0.15) is 0 Å². The molecule has 0 unspecified atom stereocenters. The molecule has 1 saturated heterocycles. The Balaban J connectivity index is 1.84. The van der Waals surface area contributed by atoms with E-state index in [-0.39, 0.29) is 17.4 Å². The van der Waals surface area contributed by atoms with E-state index in [4.69, 9.17) is 4.74 Å². The first-order chi connectivity index (χ1) is 9.30.